The Bertz CT molecular complexity index is 264. The van der Waals surface area contributed by atoms with Crippen LogP contribution in [0.4, 0.5) is 0 Å². The monoisotopic (exact) mass is 220 g/mol. The van der Waals surface area contributed by atoms with Crippen molar-refractivity contribution in [3.8, 4) is 0 Å². The van der Waals surface area contributed by atoms with E-state index in [1.54, 1.807) is 0 Å². The predicted octanol–water partition coefficient (Wildman–Crippen LogP) is -0.317. The quantitative estimate of drug-likeness (QED) is 0.494. The zero-order valence-electron chi connectivity index (χ0n) is 8.51. The van der Waals surface area contributed by atoms with Gasteiger partial charge in [-0.25, -0.2) is 9.59 Å². The van der Waals surface area contributed by atoms with Crippen LogP contribution in [0.3, 0.4) is 0 Å². The molecule has 0 heterocycles. The van der Waals surface area contributed by atoms with E-state index in [2.05, 4.69) is 4.74 Å². The van der Waals surface area contributed by atoms with Gasteiger partial charge >= 0.3 is 11.9 Å². The van der Waals surface area contributed by atoms with E-state index < -0.39 is 29.8 Å². The first-order valence-electron chi connectivity index (χ1n) is 3.82. The molecule has 0 rings (SSSR count). The van der Waals surface area contributed by atoms with E-state index in [4.69, 9.17) is 15.0 Å². The van der Waals surface area contributed by atoms with Crippen molar-refractivity contribution in [2.24, 2.45) is 0 Å². The number of ether oxygens (including phenoxy) is 1. The maximum absolute atomic E-state index is 10.4. The average molecular weight is 220 g/mol. The first-order valence-corrected chi connectivity index (χ1v) is 3.82. The zero-order chi connectivity index (χ0) is 12.6. The van der Waals surface area contributed by atoms with Crippen molar-refractivity contribution in [1.29, 1.82) is 0 Å². The fraction of sp³-hybridized carbons (Fsp3) is 0.500. The van der Waals surface area contributed by atoms with Crippen LogP contribution in [-0.4, -0.2) is 40.0 Å². The molecule has 0 spiro atoms. The van der Waals surface area contributed by atoms with Crippen LogP contribution >= 0.6 is 0 Å². The summed E-state index contributed by atoms with van der Waals surface area (Å²) in [6.07, 6.45) is -1.27. The van der Waals surface area contributed by atoms with E-state index >= 15 is 0 Å². The molecule has 0 amide bonds. The van der Waals surface area contributed by atoms with E-state index in [-0.39, 0.29) is 0 Å². The highest BCUT2D eigenvalue weighted by Gasteiger charge is 2.18. The van der Waals surface area contributed by atoms with Crippen LogP contribution in [0.5, 0.6) is 0 Å². The van der Waals surface area contributed by atoms with Gasteiger partial charge in [0.25, 0.3) is 5.97 Å². The lowest BCUT2D eigenvalue weighted by molar-refractivity contribution is -0.165. The molecule has 0 bridgehead atoms. The fourth-order valence-electron chi connectivity index (χ4n) is 0.294. The highest BCUT2D eigenvalue weighted by molar-refractivity contribution is 6.32. The minimum atomic E-state index is -1.28. The Balaban J connectivity index is 0. The fourth-order valence-corrected chi connectivity index (χ4v) is 0.294. The second-order valence-corrected chi connectivity index (χ2v) is 2.46. The smallest absolute Gasteiger partial charge is 0.375 e. The molecule has 2 N–H and O–H groups in total. The van der Waals surface area contributed by atoms with Crippen molar-refractivity contribution < 1.29 is 34.1 Å². The predicted molar refractivity (Wildman–Crippen MR) is 47.2 cm³/mol. The largest absolute Gasteiger partial charge is 0.481 e. The van der Waals surface area contributed by atoms with Gasteiger partial charge in [-0.15, -0.1) is 0 Å². The molecule has 7 nitrogen and oxygen atoms in total. The molecule has 0 aliphatic carbocycles. The van der Waals surface area contributed by atoms with Crippen molar-refractivity contribution in [2.45, 2.75) is 26.9 Å². The topological polar surface area (TPSA) is 118 Å². The van der Waals surface area contributed by atoms with E-state index in [1.165, 1.54) is 6.92 Å². The summed E-state index contributed by atoms with van der Waals surface area (Å²) in [6.45, 7) is 3.26. The number of Topliss-reactive ketones (excluding diaryl/α,β-unsaturated/α-hetero) is 1. The Kier molecular flexibility index (Phi) is 7.75. The maximum atomic E-state index is 10.4. The number of ketones is 1. The molecule has 0 aliphatic rings. The van der Waals surface area contributed by atoms with Crippen molar-refractivity contribution in [3.63, 3.8) is 0 Å². The SMILES string of the molecule is CC(=O)C(=O)OC(C)C(=O)O.CC(=O)O. The van der Waals surface area contributed by atoms with Crippen LogP contribution in [0.25, 0.3) is 0 Å². The molecule has 86 valence electrons. The van der Waals surface area contributed by atoms with Crippen LogP contribution < -0.4 is 0 Å². The third-order valence-electron chi connectivity index (χ3n) is 0.919. The molecule has 0 aromatic carbocycles. The van der Waals surface area contributed by atoms with Gasteiger partial charge < -0.3 is 14.9 Å². The van der Waals surface area contributed by atoms with E-state index in [1.807, 2.05) is 0 Å². The van der Waals surface area contributed by atoms with Gasteiger partial charge in [-0.2, -0.15) is 0 Å². The van der Waals surface area contributed by atoms with Crippen molar-refractivity contribution in [2.75, 3.05) is 0 Å². The Labute approximate surface area is 85.6 Å². The summed E-state index contributed by atoms with van der Waals surface area (Å²) in [4.78, 5) is 39.7. The highest BCUT2D eigenvalue weighted by atomic mass is 16.6. The Morgan fingerprint density at radius 3 is 1.60 bits per heavy atom. The van der Waals surface area contributed by atoms with Crippen LogP contribution in [0.1, 0.15) is 20.8 Å². The number of carboxylic acids is 2. The minimum Gasteiger partial charge on any atom is -0.481 e. The summed E-state index contributed by atoms with van der Waals surface area (Å²) < 4.78 is 4.19. The number of aliphatic carboxylic acids is 2. The van der Waals surface area contributed by atoms with E-state index in [9.17, 15) is 14.4 Å². The molecular formula is C8H12O7. The number of hydrogen-bond acceptors (Lipinski definition) is 5. The molecule has 0 saturated carbocycles. The molecule has 15 heavy (non-hydrogen) atoms. The molecule has 1 unspecified atom stereocenters. The molecule has 0 aliphatic heterocycles. The molecule has 7 heteroatoms. The van der Waals surface area contributed by atoms with Gasteiger partial charge in [-0.3, -0.25) is 9.59 Å². The van der Waals surface area contributed by atoms with Gasteiger partial charge in [-0.05, 0) is 6.92 Å². The molecule has 0 saturated heterocycles. The number of carboxylic acid groups (broad SMARTS) is 2. The lowest BCUT2D eigenvalue weighted by Crippen LogP contribution is -2.26. The van der Waals surface area contributed by atoms with Crippen LogP contribution in [0, 0.1) is 0 Å². The molecule has 0 aromatic rings. The van der Waals surface area contributed by atoms with Crippen LogP contribution in [0.2, 0.25) is 0 Å². The minimum absolute atomic E-state index is 0.807. The summed E-state index contributed by atoms with van der Waals surface area (Å²) in [5.74, 6) is -4.04. The van der Waals surface area contributed by atoms with Crippen molar-refractivity contribution in [3.05, 3.63) is 0 Å². The van der Waals surface area contributed by atoms with E-state index in [0.29, 0.717) is 0 Å². The van der Waals surface area contributed by atoms with Gasteiger partial charge in [0.15, 0.2) is 6.10 Å². The highest BCUT2D eigenvalue weighted by Crippen LogP contribution is 1.91. The molecule has 1 atom stereocenters. The summed E-state index contributed by atoms with van der Waals surface area (Å²) in [7, 11) is 0. The summed E-state index contributed by atoms with van der Waals surface area (Å²) in [5.41, 5.74) is 0. The molecule has 0 aromatic heterocycles. The first-order chi connectivity index (χ1) is 6.68. The zero-order valence-corrected chi connectivity index (χ0v) is 8.51. The van der Waals surface area contributed by atoms with Crippen LogP contribution in [-0.2, 0) is 23.9 Å². The lowest BCUT2D eigenvalue weighted by atomic mass is 10.4. The molecule has 0 fully saturated rings. The Morgan fingerprint density at radius 2 is 1.40 bits per heavy atom. The van der Waals surface area contributed by atoms with Gasteiger partial charge in [-0.1, -0.05) is 0 Å². The number of rotatable bonds is 3. The third kappa shape index (κ3) is 12.1. The normalized spacial score (nSPS) is 10.3. The van der Waals surface area contributed by atoms with Gasteiger partial charge in [0, 0.05) is 13.8 Å². The van der Waals surface area contributed by atoms with Crippen LogP contribution in [0.15, 0.2) is 0 Å². The second kappa shape index (κ2) is 7.48. The molecule has 0 radical (unpaired) electrons. The van der Waals surface area contributed by atoms with Gasteiger partial charge in [0.05, 0.1) is 0 Å². The van der Waals surface area contributed by atoms with E-state index in [0.717, 1.165) is 13.8 Å². The average Bonchev–Trinajstić information content (AvgIpc) is 2.02. The second-order valence-electron chi connectivity index (χ2n) is 2.46. The molecular weight excluding hydrogens is 208 g/mol. The third-order valence-corrected chi connectivity index (χ3v) is 0.919. The van der Waals surface area contributed by atoms with Gasteiger partial charge in [0.2, 0.25) is 5.78 Å². The summed E-state index contributed by atoms with van der Waals surface area (Å²) in [6, 6.07) is 0. The van der Waals surface area contributed by atoms with Crippen molar-refractivity contribution >= 4 is 23.7 Å². The number of carbonyl (C=O) groups is 4. The number of esters is 1. The van der Waals surface area contributed by atoms with Crippen molar-refractivity contribution in [1.82, 2.24) is 0 Å². The number of carbonyl (C=O) groups excluding carboxylic acids is 2. The summed E-state index contributed by atoms with van der Waals surface area (Å²) in [5, 5.41) is 15.6. The van der Waals surface area contributed by atoms with Gasteiger partial charge in [0.1, 0.15) is 0 Å². The first kappa shape index (κ1) is 15.5. The maximum Gasteiger partial charge on any atom is 0.375 e. The standard InChI is InChI=1S/C6H8O5.C2H4O2/c1-3(7)6(10)11-4(2)5(8)9;1-2(3)4/h4H,1-2H3,(H,8,9);1H3,(H,3,4). The Hall–Kier alpha value is -1.92. The number of hydrogen-bond donors (Lipinski definition) is 2. The summed E-state index contributed by atoms with van der Waals surface area (Å²) >= 11 is 0. The lowest BCUT2D eigenvalue weighted by Gasteiger charge is -2.05. The Morgan fingerprint density at radius 1 is 1.07 bits per heavy atom.